The molecule has 0 saturated heterocycles. The van der Waals surface area contributed by atoms with E-state index < -0.39 is 22.1 Å². The molecule has 0 aliphatic carbocycles. The minimum Gasteiger partial charge on any atom is -0.481 e. The molecule has 120 valence electrons. The molecule has 1 heterocycles. The standard InChI is InChI=1S/C12H21N3O5S/c1-8(16)7-14(4)21(19,20)12-9(2)13-15(10(12)3)6-5-11(17)18/h8,16H,5-7H2,1-4H3,(H,17,18). The van der Waals surface area contributed by atoms with Crippen molar-refractivity contribution in [1.82, 2.24) is 14.1 Å². The number of likely N-dealkylation sites (N-methyl/N-ethyl adjacent to an activating group) is 1. The van der Waals surface area contributed by atoms with Gasteiger partial charge < -0.3 is 10.2 Å². The Morgan fingerprint density at radius 2 is 2.00 bits per heavy atom. The van der Waals surface area contributed by atoms with E-state index in [0.29, 0.717) is 11.4 Å². The number of hydrogen-bond donors (Lipinski definition) is 2. The minimum atomic E-state index is -3.77. The molecule has 0 aliphatic rings. The van der Waals surface area contributed by atoms with Crippen LogP contribution in [0.1, 0.15) is 24.7 Å². The molecule has 1 aromatic rings. The molecule has 0 bridgehead atoms. The highest BCUT2D eigenvalue weighted by Crippen LogP contribution is 2.23. The van der Waals surface area contributed by atoms with Gasteiger partial charge in [-0.05, 0) is 20.8 Å². The Labute approximate surface area is 124 Å². The molecule has 0 fully saturated rings. The van der Waals surface area contributed by atoms with Gasteiger partial charge in [0.15, 0.2) is 0 Å². The van der Waals surface area contributed by atoms with Gasteiger partial charge in [0, 0.05) is 13.6 Å². The number of aromatic nitrogens is 2. The van der Waals surface area contributed by atoms with Crippen molar-refractivity contribution in [3.8, 4) is 0 Å². The van der Waals surface area contributed by atoms with Crippen molar-refractivity contribution >= 4 is 16.0 Å². The Hall–Kier alpha value is -1.45. The highest BCUT2D eigenvalue weighted by atomic mass is 32.2. The topological polar surface area (TPSA) is 113 Å². The molecule has 1 rings (SSSR count). The molecule has 1 aromatic heterocycles. The van der Waals surface area contributed by atoms with Crippen molar-refractivity contribution in [3.63, 3.8) is 0 Å². The van der Waals surface area contributed by atoms with Gasteiger partial charge >= 0.3 is 5.97 Å². The summed E-state index contributed by atoms with van der Waals surface area (Å²) in [6.45, 7) is 4.74. The molecule has 1 unspecified atom stereocenters. The first kappa shape index (κ1) is 17.6. The van der Waals surface area contributed by atoms with Gasteiger partial charge in [-0.3, -0.25) is 9.48 Å². The SMILES string of the molecule is Cc1nn(CCC(=O)O)c(C)c1S(=O)(=O)N(C)CC(C)O. The number of aliphatic hydroxyl groups is 1. The lowest BCUT2D eigenvalue weighted by molar-refractivity contribution is -0.137. The van der Waals surface area contributed by atoms with E-state index in [0.717, 1.165) is 4.31 Å². The van der Waals surface area contributed by atoms with Crippen LogP contribution >= 0.6 is 0 Å². The number of carbonyl (C=O) groups is 1. The second-order valence-electron chi connectivity index (χ2n) is 5.00. The van der Waals surface area contributed by atoms with Gasteiger partial charge in [0.2, 0.25) is 10.0 Å². The number of aliphatic hydroxyl groups excluding tert-OH is 1. The number of carboxylic acids is 1. The Bertz CT molecular complexity index is 621. The molecule has 9 heteroatoms. The smallest absolute Gasteiger partial charge is 0.305 e. The first-order valence-electron chi connectivity index (χ1n) is 6.47. The van der Waals surface area contributed by atoms with Crippen LogP contribution in [0.5, 0.6) is 0 Å². The van der Waals surface area contributed by atoms with Crippen LogP contribution in [0.15, 0.2) is 4.90 Å². The number of sulfonamides is 1. The number of carboxylic acid groups (broad SMARTS) is 1. The van der Waals surface area contributed by atoms with E-state index in [1.807, 2.05) is 0 Å². The zero-order chi connectivity index (χ0) is 16.4. The Morgan fingerprint density at radius 3 is 2.48 bits per heavy atom. The number of hydrogen-bond acceptors (Lipinski definition) is 5. The number of aliphatic carboxylic acids is 1. The van der Waals surface area contributed by atoms with Gasteiger partial charge in [0.1, 0.15) is 4.90 Å². The fourth-order valence-electron chi connectivity index (χ4n) is 2.10. The van der Waals surface area contributed by atoms with Crippen LogP contribution in [-0.2, 0) is 21.4 Å². The quantitative estimate of drug-likeness (QED) is 0.730. The third-order valence-electron chi connectivity index (χ3n) is 3.04. The molecule has 8 nitrogen and oxygen atoms in total. The average Bonchev–Trinajstić information content (AvgIpc) is 2.61. The van der Waals surface area contributed by atoms with Crippen LogP contribution in [0, 0.1) is 13.8 Å². The zero-order valence-corrected chi connectivity index (χ0v) is 13.4. The first-order valence-corrected chi connectivity index (χ1v) is 7.91. The molecule has 0 aromatic carbocycles. The molecule has 1 atom stereocenters. The summed E-state index contributed by atoms with van der Waals surface area (Å²) in [5.74, 6) is -0.974. The van der Waals surface area contributed by atoms with Gasteiger partial charge in [-0.1, -0.05) is 0 Å². The van der Waals surface area contributed by atoms with Crippen LogP contribution in [0.25, 0.3) is 0 Å². The monoisotopic (exact) mass is 319 g/mol. The molecule has 0 aliphatic heterocycles. The third kappa shape index (κ3) is 4.02. The molecule has 0 amide bonds. The van der Waals surface area contributed by atoms with Crippen LogP contribution in [0.3, 0.4) is 0 Å². The van der Waals surface area contributed by atoms with Crippen molar-refractivity contribution in [1.29, 1.82) is 0 Å². The van der Waals surface area contributed by atoms with Crippen LogP contribution in [0.4, 0.5) is 0 Å². The van der Waals surface area contributed by atoms with E-state index in [-0.39, 0.29) is 24.4 Å². The number of rotatable bonds is 7. The summed E-state index contributed by atoms with van der Waals surface area (Å²) in [5.41, 5.74) is 0.710. The average molecular weight is 319 g/mol. The summed E-state index contributed by atoms with van der Waals surface area (Å²) in [6, 6.07) is 0. The summed E-state index contributed by atoms with van der Waals surface area (Å²) < 4.78 is 27.5. The Kier molecular flexibility index (Phi) is 5.48. The van der Waals surface area contributed by atoms with Crippen molar-refractivity contribution in [3.05, 3.63) is 11.4 Å². The van der Waals surface area contributed by atoms with Gasteiger partial charge in [0.05, 0.1) is 30.5 Å². The lowest BCUT2D eigenvalue weighted by atomic mass is 10.4. The van der Waals surface area contributed by atoms with E-state index in [4.69, 9.17) is 5.11 Å². The second-order valence-corrected chi connectivity index (χ2v) is 6.98. The maximum absolute atomic E-state index is 12.5. The zero-order valence-electron chi connectivity index (χ0n) is 12.6. The normalized spacial score (nSPS) is 13.6. The highest BCUT2D eigenvalue weighted by Gasteiger charge is 2.29. The van der Waals surface area contributed by atoms with E-state index in [1.54, 1.807) is 13.8 Å². The molecular formula is C12H21N3O5S. The lowest BCUT2D eigenvalue weighted by Gasteiger charge is -2.18. The van der Waals surface area contributed by atoms with Gasteiger partial charge in [-0.25, -0.2) is 8.42 Å². The molecule has 0 spiro atoms. The van der Waals surface area contributed by atoms with Gasteiger partial charge in [-0.15, -0.1) is 0 Å². The van der Waals surface area contributed by atoms with Gasteiger partial charge in [0.25, 0.3) is 0 Å². The summed E-state index contributed by atoms with van der Waals surface area (Å²) in [4.78, 5) is 10.7. The molecule has 0 radical (unpaired) electrons. The predicted octanol–water partition coefficient (Wildman–Crippen LogP) is -0.0241. The van der Waals surface area contributed by atoms with E-state index in [1.165, 1.54) is 18.7 Å². The Morgan fingerprint density at radius 1 is 1.43 bits per heavy atom. The van der Waals surface area contributed by atoms with Crippen LogP contribution in [-0.4, -0.2) is 58.4 Å². The van der Waals surface area contributed by atoms with Gasteiger partial charge in [-0.2, -0.15) is 9.40 Å². The lowest BCUT2D eigenvalue weighted by Crippen LogP contribution is -2.33. The van der Waals surface area contributed by atoms with Crippen molar-refractivity contribution < 1.29 is 23.4 Å². The van der Waals surface area contributed by atoms with Crippen molar-refractivity contribution in [2.45, 2.75) is 44.7 Å². The Balaban J connectivity index is 3.15. The maximum atomic E-state index is 12.5. The second kappa shape index (κ2) is 6.54. The molecule has 21 heavy (non-hydrogen) atoms. The molecule has 0 saturated carbocycles. The minimum absolute atomic E-state index is 0.0263. The number of aryl methyl sites for hydroxylation is 2. The fraction of sp³-hybridized carbons (Fsp3) is 0.667. The fourth-order valence-corrected chi connectivity index (χ4v) is 3.72. The van der Waals surface area contributed by atoms with E-state index in [9.17, 15) is 18.3 Å². The van der Waals surface area contributed by atoms with Crippen molar-refractivity contribution in [2.75, 3.05) is 13.6 Å². The highest BCUT2D eigenvalue weighted by molar-refractivity contribution is 7.89. The third-order valence-corrected chi connectivity index (χ3v) is 5.12. The predicted molar refractivity (Wildman–Crippen MR) is 75.5 cm³/mol. The summed E-state index contributed by atoms with van der Waals surface area (Å²) in [5, 5.41) is 22.1. The first-order chi connectivity index (χ1) is 9.57. The largest absolute Gasteiger partial charge is 0.481 e. The summed E-state index contributed by atoms with van der Waals surface area (Å²) in [7, 11) is -2.39. The van der Waals surface area contributed by atoms with E-state index in [2.05, 4.69) is 5.10 Å². The maximum Gasteiger partial charge on any atom is 0.305 e. The summed E-state index contributed by atoms with van der Waals surface area (Å²) in [6.07, 6.45) is -0.919. The number of nitrogens with zero attached hydrogens (tertiary/aromatic N) is 3. The van der Waals surface area contributed by atoms with E-state index >= 15 is 0 Å². The van der Waals surface area contributed by atoms with Crippen LogP contribution in [0.2, 0.25) is 0 Å². The molecular weight excluding hydrogens is 298 g/mol. The van der Waals surface area contributed by atoms with Crippen molar-refractivity contribution in [2.24, 2.45) is 0 Å². The summed E-state index contributed by atoms with van der Waals surface area (Å²) >= 11 is 0. The molecule has 2 N–H and O–H groups in total. The van der Waals surface area contributed by atoms with Crippen LogP contribution < -0.4 is 0 Å².